The molecule has 0 atom stereocenters. The number of rotatable bonds is 10. The molecule has 0 bridgehead atoms. The van der Waals surface area contributed by atoms with Gasteiger partial charge >= 0.3 is 0 Å². The molecular weight excluding hydrogens is 452 g/mol. The highest BCUT2D eigenvalue weighted by atomic mass is 16.5. The van der Waals surface area contributed by atoms with E-state index in [0.29, 0.717) is 23.9 Å². The monoisotopic (exact) mass is 480 g/mol. The Balaban J connectivity index is 1.26. The fourth-order valence-corrected chi connectivity index (χ4v) is 3.55. The van der Waals surface area contributed by atoms with Crippen LogP contribution in [0.5, 0.6) is 17.2 Å². The second kappa shape index (κ2) is 12.2. The van der Waals surface area contributed by atoms with E-state index in [9.17, 15) is 4.79 Å². The number of nitrogens with zero attached hydrogens (tertiary/aromatic N) is 1. The molecule has 0 aliphatic rings. The molecule has 36 heavy (non-hydrogen) atoms. The lowest BCUT2D eigenvalue weighted by atomic mass is 10.1. The summed E-state index contributed by atoms with van der Waals surface area (Å²) in [6.45, 7) is 2.36. The van der Waals surface area contributed by atoms with Crippen LogP contribution >= 0.6 is 0 Å². The number of amides is 1. The maximum atomic E-state index is 12.1. The molecule has 0 saturated heterocycles. The first-order valence-corrected chi connectivity index (χ1v) is 11.6. The summed E-state index contributed by atoms with van der Waals surface area (Å²) in [6, 6.07) is 31.2. The van der Waals surface area contributed by atoms with Crippen molar-refractivity contribution in [1.82, 2.24) is 5.43 Å². The van der Waals surface area contributed by atoms with Gasteiger partial charge in [-0.05, 0) is 65.1 Å². The standard InChI is InChI=1S/C30H28N2O4/c1-22-8-6-7-11-26(22)20-36-28-17-12-23(18-29(28)34-2)19-31-32-30(33)21-35-27-15-13-25(14-16-27)24-9-4-3-5-10-24/h3-19H,20-21H2,1-2H3,(H,32,33)/b31-19+. The zero-order chi connectivity index (χ0) is 25.2. The molecule has 0 saturated carbocycles. The van der Waals surface area contributed by atoms with Crippen LogP contribution < -0.4 is 19.6 Å². The number of methoxy groups -OCH3 is 1. The van der Waals surface area contributed by atoms with E-state index < -0.39 is 0 Å². The van der Waals surface area contributed by atoms with Crippen LogP contribution in [0.25, 0.3) is 11.1 Å². The van der Waals surface area contributed by atoms with E-state index in [2.05, 4.69) is 23.5 Å². The van der Waals surface area contributed by atoms with Gasteiger partial charge in [-0.3, -0.25) is 4.79 Å². The van der Waals surface area contributed by atoms with Crippen LogP contribution in [0.15, 0.2) is 102 Å². The Morgan fingerprint density at radius 2 is 1.56 bits per heavy atom. The number of ether oxygens (including phenoxy) is 3. The summed E-state index contributed by atoms with van der Waals surface area (Å²) < 4.78 is 17.0. The molecular formula is C30H28N2O4. The van der Waals surface area contributed by atoms with Gasteiger partial charge in [0, 0.05) is 0 Å². The average molecular weight is 481 g/mol. The first-order chi connectivity index (χ1) is 17.6. The van der Waals surface area contributed by atoms with Crippen molar-refractivity contribution in [2.45, 2.75) is 13.5 Å². The lowest BCUT2D eigenvalue weighted by molar-refractivity contribution is -0.123. The molecule has 4 aromatic rings. The van der Waals surface area contributed by atoms with Crippen LogP contribution in [0.4, 0.5) is 0 Å². The van der Waals surface area contributed by atoms with Gasteiger partial charge in [-0.15, -0.1) is 0 Å². The number of carbonyl (C=O) groups excluding carboxylic acids is 1. The second-order valence-electron chi connectivity index (χ2n) is 8.10. The second-order valence-corrected chi connectivity index (χ2v) is 8.10. The predicted octanol–water partition coefficient (Wildman–Crippen LogP) is 5.78. The maximum absolute atomic E-state index is 12.1. The molecule has 0 heterocycles. The van der Waals surface area contributed by atoms with Gasteiger partial charge in [0.1, 0.15) is 12.4 Å². The van der Waals surface area contributed by atoms with E-state index in [4.69, 9.17) is 14.2 Å². The summed E-state index contributed by atoms with van der Waals surface area (Å²) in [5.74, 6) is 1.47. The summed E-state index contributed by atoms with van der Waals surface area (Å²) in [5.41, 5.74) is 7.72. The first-order valence-electron chi connectivity index (χ1n) is 11.6. The highest BCUT2D eigenvalue weighted by Gasteiger charge is 2.07. The highest BCUT2D eigenvalue weighted by Crippen LogP contribution is 2.28. The predicted molar refractivity (Wildman–Crippen MR) is 142 cm³/mol. The minimum absolute atomic E-state index is 0.142. The molecule has 6 nitrogen and oxygen atoms in total. The lowest BCUT2D eigenvalue weighted by Crippen LogP contribution is -2.24. The Labute approximate surface area is 211 Å². The number of carbonyl (C=O) groups is 1. The smallest absolute Gasteiger partial charge is 0.277 e. The molecule has 0 unspecified atom stereocenters. The van der Waals surface area contributed by atoms with Crippen molar-refractivity contribution < 1.29 is 19.0 Å². The highest BCUT2D eigenvalue weighted by molar-refractivity contribution is 5.83. The Kier molecular flexibility index (Phi) is 8.33. The van der Waals surface area contributed by atoms with Gasteiger partial charge in [0.15, 0.2) is 18.1 Å². The molecule has 0 fully saturated rings. The van der Waals surface area contributed by atoms with Crippen LogP contribution in [-0.4, -0.2) is 25.8 Å². The van der Waals surface area contributed by atoms with Gasteiger partial charge in [-0.25, -0.2) is 5.43 Å². The van der Waals surface area contributed by atoms with E-state index in [-0.39, 0.29) is 12.5 Å². The van der Waals surface area contributed by atoms with Crippen molar-refractivity contribution in [3.05, 3.63) is 114 Å². The van der Waals surface area contributed by atoms with Crippen molar-refractivity contribution in [3.63, 3.8) is 0 Å². The Hall–Kier alpha value is -4.58. The van der Waals surface area contributed by atoms with Crippen LogP contribution in [0, 0.1) is 6.92 Å². The number of nitrogens with one attached hydrogen (secondary N) is 1. The minimum Gasteiger partial charge on any atom is -0.493 e. The van der Waals surface area contributed by atoms with Gasteiger partial charge in [-0.1, -0.05) is 66.7 Å². The van der Waals surface area contributed by atoms with Crippen molar-refractivity contribution in [3.8, 4) is 28.4 Å². The van der Waals surface area contributed by atoms with Crippen molar-refractivity contribution >= 4 is 12.1 Å². The topological polar surface area (TPSA) is 69.2 Å². The Morgan fingerprint density at radius 3 is 2.31 bits per heavy atom. The number of hydrogen-bond acceptors (Lipinski definition) is 5. The van der Waals surface area contributed by atoms with Gasteiger partial charge in [0.25, 0.3) is 5.91 Å². The molecule has 0 aliphatic carbocycles. The third-order valence-corrected chi connectivity index (χ3v) is 5.57. The molecule has 0 aliphatic heterocycles. The summed E-state index contributed by atoms with van der Waals surface area (Å²) in [4.78, 5) is 12.1. The third-order valence-electron chi connectivity index (χ3n) is 5.57. The third kappa shape index (κ3) is 6.73. The maximum Gasteiger partial charge on any atom is 0.277 e. The fourth-order valence-electron chi connectivity index (χ4n) is 3.55. The molecule has 4 rings (SSSR count). The molecule has 4 aromatic carbocycles. The van der Waals surface area contributed by atoms with Crippen LogP contribution in [-0.2, 0) is 11.4 Å². The Bertz CT molecular complexity index is 1320. The zero-order valence-electron chi connectivity index (χ0n) is 20.3. The molecule has 1 N–H and O–H groups in total. The molecule has 1 amide bonds. The number of aryl methyl sites for hydroxylation is 1. The molecule has 182 valence electrons. The van der Waals surface area contributed by atoms with Gasteiger partial charge in [0.2, 0.25) is 0 Å². The van der Waals surface area contributed by atoms with E-state index in [0.717, 1.165) is 22.3 Å². The average Bonchev–Trinajstić information content (AvgIpc) is 2.92. The van der Waals surface area contributed by atoms with Crippen LogP contribution in [0.2, 0.25) is 0 Å². The fraction of sp³-hybridized carbons (Fsp3) is 0.133. The minimum atomic E-state index is -0.358. The summed E-state index contributed by atoms with van der Waals surface area (Å²) in [6.07, 6.45) is 1.54. The summed E-state index contributed by atoms with van der Waals surface area (Å²) >= 11 is 0. The first kappa shape index (κ1) is 24.5. The van der Waals surface area contributed by atoms with Crippen molar-refractivity contribution in [1.29, 1.82) is 0 Å². The quantitative estimate of drug-likeness (QED) is 0.231. The summed E-state index contributed by atoms with van der Waals surface area (Å²) in [5, 5.41) is 4.02. The van der Waals surface area contributed by atoms with Crippen LogP contribution in [0.3, 0.4) is 0 Å². The zero-order valence-corrected chi connectivity index (χ0v) is 20.3. The van der Waals surface area contributed by atoms with E-state index in [1.807, 2.05) is 84.9 Å². The van der Waals surface area contributed by atoms with Crippen molar-refractivity contribution in [2.75, 3.05) is 13.7 Å². The number of benzene rings is 4. The molecule has 0 aromatic heterocycles. The normalized spacial score (nSPS) is 10.7. The molecule has 6 heteroatoms. The summed E-state index contributed by atoms with van der Waals surface area (Å²) in [7, 11) is 1.59. The van der Waals surface area contributed by atoms with E-state index in [1.165, 1.54) is 5.56 Å². The van der Waals surface area contributed by atoms with Gasteiger partial charge in [0.05, 0.1) is 13.3 Å². The molecule has 0 radical (unpaired) electrons. The number of hydrazone groups is 1. The van der Waals surface area contributed by atoms with E-state index in [1.54, 1.807) is 19.4 Å². The van der Waals surface area contributed by atoms with E-state index >= 15 is 0 Å². The SMILES string of the molecule is COc1cc(/C=N/NC(=O)COc2ccc(-c3ccccc3)cc2)ccc1OCc1ccccc1C. The van der Waals surface area contributed by atoms with Crippen molar-refractivity contribution in [2.24, 2.45) is 5.10 Å². The van der Waals surface area contributed by atoms with Gasteiger partial charge in [-0.2, -0.15) is 5.10 Å². The number of hydrogen-bond donors (Lipinski definition) is 1. The Morgan fingerprint density at radius 1 is 0.833 bits per heavy atom. The largest absolute Gasteiger partial charge is 0.493 e. The molecule has 0 spiro atoms. The lowest BCUT2D eigenvalue weighted by Gasteiger charge is -2.12. The van der Waals surface area contributed by atoms with Gasteiger partial charge < -0.3 is 14.2 Å². The van der Waals surface area contributed by atoms with Crippen LogP contribution in [0.1, 0.15) is 16.7 Å².